The van der Waals surface area contributed by atoms with Crippen LogP contribution in [0.5, 0.6) is 0 Å². The number of carboxylic acids is 1. The molecule has 1 saturated carbocycles. The third-order valence-corrected chi connectivity index (χ3v) is 4.33. The minimum absolute atomic E-state index is 0.122. The van der Waals surface area contributed by atoms with Gasteiger partial charge in [-0.3, -0.25) is 14.5 Å². The van der Waals surface area contributed by atoms with E-state index in [-0.39, 0.29) is 23.8 Å². The number of carboxylic acid groups (broad SMARTS) is 1. The Morgan fingerprint density at radius 1 is 1.10 bits per heavy atom. The lowest BCUT2D eigenvalue weighted by atomic mass is 9.84. The van der Waals surface area contributed by atoms with Crippen LogP contribution in [0.15, 0.2) is 24.3 Å². The Morgan fingerprint density at radius 2 is 1.70 bits per heavy atom. The molecule has 1 aromatic carbocycles. The van der Waals surface area contributed by atoms with Gasteiger partial charge in [-0.15, -0.1) is 0 Å². The van der Waals surface area contributed by atoms with Crippen molar-refractivity contribution in [2.24, 2.45) is 5.41 Å². The molecule has 2 fully saturated rings. The number of anilines is 1. The van der Waals surface area contributed by atoms with Crippen molar-refractivity contribution in [1.29, 1.82) is 0 Å². The van der Waals surface area contributed by atoms with Crippen molar-refractivity contribution >= 4 is 23.5 Å². The van der Waals surface area contributed by atoms with E-state index in [0.717, 1.165) is 25.7 Å². The van der Waals surface area contributed by atoms with Gasteiger partial charge in [-0.05, 0) is 37.1 Å². The number of imide groups is 1. The van der Waals surface area contributed by atoms with E-state index in [4.69, 9.17) is 5.11 Å². The van der Waals surface area contributed by atoms with Crippen LogP contribution in [0, 0.1) is 5.41 Å². The number of rotatable bonds is 2. The summed E-state index contributed by atoms with van der Waals surface area (Å²) in [7, 11) is 0. The molecular weight excluding hydrogens is 258 g/mol. The van der Waals surface area contributed by atoms with Crippen molar-refractivity contribution < 1.29 is 19.5 Å². The van der Waals surface area contributed by atoms with Crippen molar-refractivity contribution in [1.82, 2.24) is 0 Å². The Kier molecular flexibility index (Phi) is 2.85. The highest BCUT2D eigenvalue weighted by Gasteiger charge is 2.52. The Hall–Kier alpha value is -2.17. The van der Waals surface area contributed by atoms with Crippen LogP contribution < -0.4 is 4.90 Å². The van der Waals surface area contributed by atoms with Crippen LogP contribution in [0.4, 0.5) is 5.69 Å². The average molecular weight is 273 g/mol. The number of aromatic carboxylic acids is 1. The number of amides is 2. The third-order valence-electron chi connectivity index (χ3n) is 4.33. The minimum atomic E-state index is -1.03. The molecule has 3 rings (SSSR count). The molecule has 20 heavy (non-hydrogen) atoms. The van der Waals surface area contributed by atoms with Gasteiger partial charge in [0.05, 0.1) is 16.7 Å². The predicted octanol–water partition coefficient (Wildman–Crippen LogP) is 2.21. The Morgan fingerprint density at radius 3 is 2.25 bits per heavy atom. The molecule has 1 aliphatic carbocycles. The molecule has 5 heteroatoms. The third kappa shape index (κ3) is 1.81. The SMILES string of the molecule is O=C(O)c1ccc(N2C(=O)CC3(CCCC3)C2=O)cc1. The van der Waals surface area contributed by atoms with Crippen molar-refractivity contribution in [2.75, 3.05) is 4.90 Å². The standard InChI is InChI=1S/C15H15NO4/c17-12-9-15(7-1-2-8-15)14(20)16(12)11-5-3-10(4-6-11)13(18)19/h3-6H,1-2,7-9H2,(H,18,19). The van der Waals surface area contributed by atoms with E-state index in [1.807, 2.05) is 0 Å². The first-order chi connectivity index (χ1) is 9.53. The first-order valence-electron chi connectivity index (χ1n) is 6.74. The van der Waals surface area contributed by atoms with Gasteiger partial charge in [-0.1, -0.05) is 12.8 Å². The monoisotopic (exact) mass is 273 g/mol. The fraction of sp³-hybridized carbons (Fsp3) is 0.400. The second-order valence-corrected chi connectivity index (χ2v) is 5.55. The topological polar surface area (TPSA) is 74.7 Å². The molecule has 1 N–H and O–H groups in total. The van der Waals surface area contributed by atoms with Crippen molar-refractivity contribution in [3.8, 4) is 0 Å². The van der Waals surface area contributed by atoms with E-state index < -0.39 is 11.4 Å². The summed E-state index contributed by atoms with van der Waals surface area (Å²) in [6.07, 6.45) is 3.82. The van der Waals surface area contributed by atoms with Gasteiger partial charge >= 0.3 is 5.97 Å². The molecule has 2 aliphatic rings. The summed E-state index contributed by atoms with van der Waals surface area (Å²) in [5.74, 6) is -1.33. The molecule has 1 aromatic rings. The molecule has 0 atom stereocenters. The maximum Gasteiger partial charge on any atom is 0.335 e. The van der Waals surface area contributed by atoms with Crippen molar-refractivity contribution in [3.05, 3.63) is 29.8 Å². The highest BCUT2D eigenvalue weighted by atomic mass is 16.4. The van der Waals surface area contributed by atoms with Gasteiger partial charge in [0.25, 0.3) is 0 Å². The van der Waals surface area contributed by atoms with Gasteiger partial charge in [0, 0.05) is 6.42 Å². The van der Waals surface area contributed by atoms with Gasteiger partial charge in [0.15, 0.2) is 0 Å². The van der Waals surface area contributed by atoms with Crippen LogP contribution in [0.25, 0.3) is 0 Å². The summed E-state index contributed by atoms with van der Waals surface area (Å²) < 4.78 is 0. The van der Waals surface area contributed by atoms with E-state index >= 15 is 0 Å². The fourth-order valence-electron chi connectivity index (χ4n) is 3.25. The summed E-state index contributed by atoms with van der Waals surface area (Å²) in [6.45, 7) is 0. The second-order valence-electron chi connectivity index (χ2n) is 5.55. The van der Waals surface area contributed by atoms with Crippen LogP contribution >= 0.6 is 0 Å². The van der Waals surface area contributed by atoms with Gasteiger partial charge in [-0.2, -0.15) is 0 Å². The van der Waals surface area contributed by atoms with Crippen molar-refractivity contribution in [2.45, 2.75) is 32.1 Å². The largest absolute Gasteiger partial charge is 0.478 e. The normalized spacial score (nSPS) is 20.9. The summed E-state index contributed by atoms with van der Waals surface area (Å²) in [5.41, 5.74) is 0.111. The summed E-state index contributed by atoms with van der Waals surface area (Å²) in [6, 6.07) is 5.87. The molecule has 0 aromatic heterocycles. The first-order valence-corrected chi connectivity index (χ1v) is 6.74. The summed E-state index contributed by atoms with van der Waals surface area (Å²) in [4.78, 5) is 36.7. The zero-order valence-corrected chi connectivity index (χ0v) is 11.0. The summed E-state index contributed by atoms with van der Waals surface area (Å²) in [5, 5.41) is 8.87. The van der Waals surface area contributed by atoms with Gasteiger partial charge in [0.2, 0.25) is 11.8 Å². The zero-order valence-electron chi connectivity index (χ0n) is 11.0. The van der Waals surface area contributed by atoms with Crippen LogP contribution in [0.1, 0.15) is 42.5 Å². The van der Waals surface area contributed by atoms with Crippen LogP contribution in [0.3, 0.4) is 0 Å². The van der Waals surface area contributed by atoms with E-state index in [9.17, 15) is 14.4 Å². The smallest absolute Gasteiger partial charge is 0.335 e. The number of hydrogen-bond donors (Lipinski definition) is 1. The maximum atomic E-state index is 12.5. The highest BCUT2D eigenvalue weighted by Crippen LogP contribution is 2.47. The minimum Gasteiger partial charge on any atom is -0.478 e. The molecule has 2 amide bonds. The molecule has 1 spiro atoms. The van der Waals surface area contributed by atoms with Crippen LogP contribution in [0.2, 0.25) is 0 Å². The Bertz CT molecular complexity index is 584. The molecule has 0 bridgehead atoms. The number of hydrogen-bond acceptors (Lipinski definition) is 3. The predicted molar refractivity (Wildman–Crippen MR) is 71.4 cm³/mol. The molecule has 1 aliphatic heterocycles. The molecule has 1 heterocycles. The molecule has 104 valence electrons. The Balaban J connectivity index is 1.92. The quantitative estimate of drug-likeness (QED) is 0.838. The van der Waals surface area contributed by atoms with E-state index in [1.54, 1.807) is 0 Å². The van der Waals surface area contributed by atoms with Gasteiger partial charge < -0.3 is 5.11 Å². The van der Waals surface area contributed by atoms with Gasteiger partial charge in [0.1, 0.15) is 0 Å². The molecular formula is C15H15NO4. The fourth-order valence-corrected chi connectivity index (χ4v) is 3.25. The van der Waals surface area contributed by atoms with E-state index in [2.05, 4.69) is 0 Å². The van der Waals surface area contributed by atoms with E-state index in [0.29, 0.717) is 5.69 Å². The number of carbonyl (C=O) groups is 3. The molecule has 5 nitrogen and oxygen atoms in total. The number of nitrogens with zero attached hydrogens (tertiary/aromatic N) is 1. The van der Waals surface area contributed by atoms with Crippen molar-refractivity contribution in [3.63, 3.8) is 0 Å². The lowest BCUT2D eigenvalue weighted by molar-refractivity contribution is -0.125. The highest BCUT2D eigenvalue weighted by molar-refractivity contribution is 6.22. The second kappa shape index (κ2) is 4.44. The molecule has 0 radical (unpaired) electrons. The van der Waals surface area contributed by atoms with Gasteiger partial charge in [-0.25, -0.2) is 4.79 Å². The lowest BCUT2D eigenvalue weighted by Crippen LogP contribution is -2.34. The first kappa shape index (κ1) is 12.8. The number of benzene rings is 1. The average Bonchev–Trinajstić information content (AvgIpc) is 2.97. The van der Waals surface area contributed by atoms with E-state index in [1.165, 1.54) is 29.2 Å². The number of carbonyl (C=O) groups excluding carboxylic acids is 2. The zero-order chi connectivity index (χ0) is 14.3. The van der Waals surface area contributed by atoms with Crippen LogP contribution in [-0.2, 0) is 9.59 Å². The maximum absolute atomic E-state index is 12.5. The lowest BCUT2D eigenvalue weighted by Gasteiger charge is -2.20. The molecule has 0 unspecified atom stereocenters. The van der Waals surface area contributed by atoms with Crippen LogP contribution in [-0.4, -0.2) is 22.9 Å². The summed E-state index contributed by atoms with van der Waals surface area (Å²) >= 11 is 0. The molecule has 1 saturated heterocycles. The Labute approximate surface area is 116 Å².